The lowest BCUT2D eigenvalue weighted by Gasteiger charge is -2.23. The van der Waals surface area contributed by atoms with Gasteiger partial charge in [-0.15, -0.1) is 12.4 Å². The number of hydrogen-bond acceptors (Lipinski definition) is 6. The molecule has 0 unspecified atom stereocenters. The van der Waals surface area contributed by atoms with Crippen LogP contribution in [0.15, 0.2) is 29.4 Å². The van der Waals surface area contributed by atoms with Gasteiger partial charge in [-0.25, -0.2) is 13.1 Å². The number of halogens is 1. The van der Waals surface area contributed by atoms with Crippen LogP contribution in [0.3, 0.4) is 0 Å². The van der Waals surface area contributed by atoms with Crippen molar-refractivity contribution < 1.29 is 13.2 Å². The van der Waals surface area contributed by atoms with Crippen LogP contribution in [0.2, 0.25) is 0 Å². The molecule has 28 heavy (non-hydrogen) atoms. The number of aromatic nitrogens is 3. The van der Waals surface area contributed by atoms with Crippen LogP contribution in [0, 0.1) is 11.8 Å². The molecule has 0 aliphatic carbocycles. The fraction of sp³-hybridized carbons (Fsp3) is 0.471. The number of likely N-dealkylation sites (tertiary alicyclic amines) is 1. The summed E-state index contributed by atoms with van der Waals surface area (Å²) < 4.78 is 28.9. The van der Waals surface area contributed by atoms with Crippen molar-refractivity contribution in [2.24, 2.45) is 11.8 Å². The number of nitrogens with zero attached hydrogens (tertiary/aromatic N) is 4. The average molecular weight is 425 g/mol. The second-order valence-corrected chi connectivity index (χ2v) is 8.98. The van der Waals surface area contributed by atoms with Crippen LogP contribution in [0.25, 0.3) is 5.69 Å². The highest BCUT2D eigenvalue weighted by Crippen LogP contribution is 2.31. The second-order valence-electron chi connectivity index (χ2n) is 7.33. The monoisotopic (exact) mass is 424 g/mol. The maximum atomic E-state index is 13.0. The Hall–Kier alpha value is -2.17. The first-order chi connectivity index (χ1) is 13.0. The van der Waals surface area contributed by atoms with Gasteiger partial charge in [-0.1, -0.05) is 0 Å². The molecule has 2 aromatic rings. The summed E-state index contributed by atoms with van der Waals surface area (Å²) in [7, 11) is -3.78. The highest BCUT2D eigenvalue weighted by Gasteiger charge is 2.33. The minimum absolute atomic E-state index is 0. The summed E-state index contributed by atoms with van der Waals surface area (Å²) >= 11 is 0. The van der Waals surface area contributed by atoms with Crippen LogP contribution in [0.5, 0.6) is 0 Å². The van der Waals surface area contributed by atoms with E-state index in [1.165, 1.54) is 17.1 Å². The number of hydrogen-bond donors (Lipinski definition) is 2. The molecule has 1 aromatic carbocycles. The van der Waals surface area contributed by atoms with E-state index < -0.39 is 10.0 Å². The Morgan fingerprint density at radius 2 is 1.86 bits per heavy atom. The third-order valence-electron chi connectivity index (χ3n) is 5.80. The fourth-order valence-corrected chi connectivity index (χ4v) is 5.51. The normalized spacial score (nSPS) is 24.8. The van der Waals surface area contributed by atoms with Gasteiger partial charge < -0.3 is 10.2 Å². The molecule has 0 bridgehead atoms. The van der Waals surface area contributed by atoms with E-state index >= 15 is 0 Å². The Morgan fingerprint density at radius 1 is 1.14 bits per heavy atom. The highest BCUT2D eigenvalue weighted by atomic mass is 35.5. The van der Waals surface area contributed by atoms with Crippen molar-refractivity contribution >= 4 is 34.3 Å². The van der Waals surface area contributed by atoms with E-state index in [-0.39, 0.29) is 29.2 Å². The molecule has 2 N–H and O–H groups in total. The molecule has 9 nitrogen and oxygen atoms in total. The number of fused-ring (bicyclic) bond motifs is 4. The van der Waals surface area contributed by atoms with Crippen LogP contribution in [-0.2, 0) is 10.0 Å². The first-order valence-electron chi connectivity index (χ1n) is 9.10. The molecule has 1 aromatic heterocycles. The molecule has 2 fully saturated rings. The summed E-state index contributed by atoms with van der Waals surface area (Å²) in [5.41, 5.74) is 0.780. The van der Waals surface area contributed by atoms with E-state index in [2.05, 4.69) is 20.1 Å². The van der Waals surface area contributed by atoms with E-state index in [9.17, 15) is 13.2 Å². The second kappa shape index (κ2) is 7.02. The first-order valence-corrected chi connectivity index (χ1v) is 10.6. The molecule has 3 aliphatic heterocycles. The molecule has 11 heteroatoms. The maximum Gasteiger partial charge on any atom is 0.266 e. The molecule has 2 atom stereocenters. The Labute approximate surface area is 169 Å². The number of nitrogens with one attached hydrogen (secondary N) is 2. The topological polar surface area (TPSA) is 109 Å². The molecule has 0 radical (unpaired) electrons. The van der Waals surface area contributed by atoms with Crippen LogP contribution < -0.4 is 10.0 Å². The van der Waals surface area contributed by atoms with Gasteiger partial charge in [0.2, 0.25) is 5.95 Å². The highest BCUT2D eigenvalue weighted by molar-refractivity contribution is 7.93. The van der Waals surface area contributed by atoms with Crippen molar-refractivity contribution in [2.45, 2.75) is 17.7 Å². The van der Waals surface area contributed by atoms with Gasteiger partial charge in [-0.2, -0.15) is 14.8 Å². The standard InChI is InChI=1S/C17H20N6O3S.ClH/c24-16(22-5-3-12-8-18-9-13(12)4-6-22)11-1-2-14-15(7-11)27(25,26)21-17-19-10-20-23(14)17;/h1-2,7,10,12-13,18H,3-6,8-9H2,(H,19,20,21);1H/t12-,13+;. The summed E-state index contributed by atoms with van der Waals surface area (Å²) in [6.07, 6.45) is 3.25. The fourth-order valence-electron chi connectivity index (χ4n) is 4.30. The number of anilines is 1. The largest absolute Gasteiger partial charge is 0.339 e. The van der Waals surface area contributed by atoms with E-state index in [0.717, 1.165) is 25.9 Å². The van der Waals surface area contributed by atoms with Crippen LogP contribution in [-0.4, -0.2) is 60.2 Å². The summed E-state index contributed by atoms with van der Waals surface area (Å²) in [5, 5.41) is 7.48. The zero-order valence-corrected chi connectivity index (χ0v) is 16.7. The number of amides is 1. The Bertz CT molecular complexity index is 1010. The quantitative estimate of drug-likeness (QED) is 0.703. The lowest BCUT2D eigenvalue weighted by Crippen LogP contribution is -2.33. The lowest BCUT2D eigenvalue weighted by atomic mass is 9.92. The van der Waals surface area contributed by atoms with E-state index in [1.54, 1.807) is 12.1 Å². The van der Waals surface area contributed by atoms with Gasteiger partial charge in [-0.05, 0) is 56.0 Å². The zero-order chi connectivity index (χ0) is 18.6. The molecule has 5 rings (SSSR count). The Kier molecular flexibility index (Phi) is 4.80. The van der Waals surface area contributed by atoms with Crippen molar-refractivity contribution in [3.8, 4) is 5.69 Å². The minimum Gasteiger partial charge on any atom is -0.339 e. The van der Waals surface area contributed by atoms with Gasteiger partial charge >= 0.3 is 0 Å². The van der Waals surface area contributed by atoms with Crippen molar-refractivity contribution in [3.05, 3.63) is 30.1 Å². The van der Waals surface area contributed by atoms with E-state index in [4.69, 9.17) is 0 Å². The molecule has 150 valence electrons. The molecule has 0 spiro atoms. The van der Waals surface area contributed by atoms with Crippen molar-refractivity contribution in [3.63, 3.8) is 0 Å². The van der Waals surface area contributed by atoms with Gasteiger partial charge in [0.25, 0.3) is 15.9 Å². The van der Waals surface area contributed by atoms with Crippen molar-refractivity contribution in [2.75, 3.05) is 30.9 Å². The summed E-state index contributed by atoms with van der Waals surface area (Å²) in [5.74, 6) is 1.28. The maximum absolute atomic E-state index is 13.0. The van der Waals surface area contributed by atoms with Gasteiger partial charge in [0.1, 0.15) is 11.2 Å². The predicted molar refractivity (Wildman–Crippen MR) is 104 cm³/mol. The SMILES string of the molecule is Cl.O=C(c1ccc2c(c1)S(=O)(=O)Nc1ncnn1-2)N1CC[C@@H]2CNC[C@@H]2CC1. The van der Waals surface area contributed by atoms with E-state index in [0.29, 0.717) is 36.2 Å². The van der Waals surface area contributed by atoms with Crippen LogP contribution in [0.4, 0.5) is 5.95 Å². The molecule has 2 saturated heterocycles. The molecule has 1 amide bonds. The molecule has 3 aliphatic rings. The van der Waals surface area contributed by atoms with Crippen LogP contribution >= 0.6 is 12.4 Å². The third-order valence-corrected chi connectivity index (χ3v) is 7.16. The number of carbonyl (C=O) groups excluding carboxylic acids is 1. The van der Waals surface area contributed by atoms with Gasteiger partial charge in [0.05, 0.1) is 5.69 Å². The van der Waals surface area contributed by atoms with Gasteiger partial charge in [0, 0.05) is 18.7 Å². The van der Waals surface area contributed by atoms with Crippen molar-refractivity contribution in [1.29, 1.82) is 0 Å². The zero-order valence-electron chi connectivity index (χ0n) is 15.0. The Morgan fingerprint density at radius 3 is 2.57 bits per heavy atom. The lowest BCUT2D eigenvalue weighted by molar-refractivity contribution is 0.0758. The first kappa shape index (κ1) is 19.2. The Balaban J connectivity index is 0.00000192. The van der Waals surface area contributed by atoms with Crippen LogP contribution in [0.1, 0.15) is 23.2 Å². The average Bonchev–Trinajstić information content (AvgIpc) is 3.25. The van der Waals surface area contributed by atoms with Gasteiger partial charge in [-0.3, -0.25) is 4.79 Å². The summed E-state index contributed by atoms with van der Waals surface area (Å²) in [6, 6.07) is 4.73. The molecule has 0 saturated carbocycles. The number of carbonyl (C=O) groups is 1. The smallest absolute Gasteiger partial charge is 0.266 e. The van der Waals surface area contributed by atoms with Gasteiger partial charge in [0.15, 0.2) is 0 Å². The van der Waals surface area contributed by atoms with E-state index in [1.807, 2.05) is 4.90 Å². The summed E-state index contributed by atoms with van der Waals surface area (Å²) in [6.45, 7) is 3.46. The number of benzene rings is 1. The summed E-state index contributed by atoms with van der Waals surface area (Å²) in [4.78, 5) is 18.8. The number of sulfonamides is 1. The number of rotatable bonds is 1. The third kappa shape index (κ3) is 3.05. The molecule has 4 heterocycles. The molecular weight excluding hydrogens is 404 g/mol. The van der Waals surface area contributed by atoms with Crippen molar-refractivity contribution in [1.82, 2.24) is 25.0 Å². The molecular formula is C17H21ClN6O3S. The predicted octanol–water partition coefficient (Wildman–Crippen LogP) is 0.875. The minimum atomic E-state index is -3.78.